The average Bonchev–Trinajstić information content (AvgIpc) is 2.56. The molecule has 0 spiro atoms. The van der Waals surface area contributed by atoms with E-state index >= 15 is 0 Å². The minimum atomic E-state index is 0.622. The van der Waals surface area contributed by atoms with Gasteiger partial charge in [0.2, 0.25) is 0 Å². The van der Waals surface area contributed by atoms with E-state index < -0.39 is 0 Å². The third kappa shape index (κ3) is 3.87. The first-order chi connectivity index (χ1) is 10.4. The Kier molecular flexibility index (Phi) is 5.32. The van der Waals surface area contributed by atoms with Crippen LogP contribution in [0.5, 0.6) is 0 Å². The van der Waals surface area contributed by atoms with Gasteiger partial charge in [-0.1, -0.05) is 56.5 Å². The second-order valence-corrected chi connectivity index (χ2v) is 6.85. The van der Waals surface area contributed by atoms with Crippen LogP contribution in [0.15, 0.2) is 30.3 Å². The second-order valence-electron chi connectivity index (χ2n) is 6.85. The molecule has 1 N–H and O–H groups in total. The van der Waals surface area contributed by atoms with Gasteiger partial charge in [-0.05, 0) is 31.2 Å². The standard InChI is InChI=1S/C19H30N2/c1-2-18-14-20-17(13-16-9-5-3-6-10-16)15-21(18)19-11-7-4-8-12-19/h3,5-6,9-10,17-20H,2,4,7-8,11-15H2,1H3. The van der Waals surface area contributed by atoms with Gasteiger partial charge in [0.15, 0.2) is 0 Å². The molecule has 1 saturated carbocycles. The van der Waals surface area contributed by atoms with E-state index in [0.29, 0.717) is 6.04 Å². The fourth-order valence-corrected chi connectivity index (χ4v) is 4.16. The van der Waals surface area contributed by atoms with Gasteiger partial charge in [0.1, 0.15) is 0 Å². The van der Waals surface area contributed by atoms with Crippen molar-refractivity contribution in [2.75, 3.05) is 13.1 Å². The zero-order chi connectivity index (χ0) is 14.5. The molecule has 0 amide bonds. The van der Waals surface area contributed by atoms with Crippen LogP contribution in [-0.2, 0) is 6.42 Å². The van der Waals surface area contributed by atoms with E-state index in [-0.39, 0.29) is 0 Å². The van der Waals surface area contributed by atoms with Crippen LogP contribution in [-0.4, -0.2) is 36.1 Å². The fourth-order valence-electron chi connectivity index (χ4n) is 4.16. The molecule has 3 rings (SSSR count). The summed E-state index contributed by atoms with van der Waals surface area (Å²) in [7, 11) is 0. The Morgan fingerprint density at radius 1 is 1.10 bits per heavy atom. The Labute approximate surface area is 129 Å². The molecular formula is C19H30N2. The maximum Gasteiger partial charge on any atom is 0.0236 e. The Hall–Kier alpha value is -0.860. The normalized spacial score (nSPS) is 28.6. The summed E-state index contributed by atoms with van der Waals surface area (Å²) in [6.07, 6.45) is 9.63. The first kappa shape index (κ1) is 15.1. The highest BCUT2D eigenvalue weighted by molar-refractivity contribution is 5.16. The third-order valence-corrected chi connectivity index (χ3v) is 5.38. The van der Waals surface area contributed by atoms with E-state index in [2.05, 4.69) is 47.5 Å². The van der Waals surface area contributed by atoms with E-state index in [1.807, 2.05) is 0 Å². The quantitative estimate of drug-likeness (QED) is 0.909. The minimum Gasteiger partial charge on any atom is -0.311 e. The van der Waals surface area contributed by atoms with E-state index in [0.717, 1.165) is 12.1 Å². The Morgan fingerprint density at radius 3 is 2.57 bits per heavy atom. The topological polar surface area (TPSA) is 15.3 Å². The van der Waals surface area contributed by atoms with Gasteiger partial charge in [0.05, 0.1) is 0 Å². The van der Waals surface area contributed by atoms with Gasteiger partial charge in [-0.2, -0.15) is 0 Å². The molecule has 116 valence electrons. The van der Waals surface area contributed by atoms with Crippen molar-refractivity contribution in [2.45, 2.75) is 70.0 Å². The van der Waals surface area contributed by atoms with Gasteiger partial charge in [-0.25, -0.2) is 0 Å². The molecule has 0 aromatic heterocycles. The summed E-state index contributed by atoms with van der Waals surface area (Å²) in [5.41, 5.74) is 1.47. The van der Waals surface area contributed by atoms with Gasteiger partial charge in [0, 0.05) is 31.2 Å². The number of benzene rings is 1. The summed E-state index contributed by atoms with van der Waals surface area (Å²) >= 11 is 0. The van der Waals surface area contributed by atoms with Crippen LogP contribution in [0.4, 0.5) is 0 Å². The van der Waals surface area contributed by atoms with Crippen LogP contribution >= 0.6 is 0 Å². The summed E-state index contributed by atoms with van der Waals surface area (Å²) in [5.74, 6) is 0. The molecule has 21 heavy (non-hydrogen) atoms. The van der Waals surface area contributed by atoms with Crippen molar-refractivity contribution in [1.82, 2.24) is 10.2 Å². The smallest absolute Gasteiger partial charge is 0.0236 e. The zero-order valence-electron chi connectivity index (χ0n) is 13.4. The van der Waals surface area contributed by atoms with Crippen molar-refractivity contribution in [3.8, 4) is 0 Å². The minimum absolute atomic E-state index is 0.622. The fraction of sp³-hybridized carbons (Fsp3) is 0.684. The number of nitrogens with zero attached hydrogens (tertiary/aromatic N) is 1. The van der Waals surface area contributed by atoms with E-state index in [9.17, 15) is 0 Å². The van der Waals surface area contributed by atoms with E-state index in [4.69, 9.17) is 0 Å². The van der Waals surface area contributed by atoms with Crippen LogP contribution in [0.1, 0.15) is 51.0 Å². The van der Waals surface area contributed by atoms with Crippen molar-refractivity contribution in [2.24, 2.45) is 0 Å². The number of rotatable bonds is 4. The van der Waals surface area contributed by atoms with Crippen molar-refractivity contribution < 1.29 is 0 Å². The molecular weight excluding hydrogens is 256 g/mol. The summed E-state index contributed by atoms with van der Waals surface area (Å²) < 4.78 is 0. The first-order valence-corrected chi connectivity index (χ1v) is 8.90. The van der Waals surface area contributed by atoms with E-state index in [1.54, 1.807) is 0 Å². The number of piperazine rings is 1. The lowest BCUT2D eigenvalue weighted by Crippen LogP contribution is -2.60. The van der Waals surface area contributed by atoms with Crippen molar-refractivity contribution in [3.63, 3.8) is 0 Å². The second kappa shape index (κ2) is 7.42. The van der Waals surface area contributed by atoms with Crippen molar-refractivity contribution in [1.29, 1.82) is 0 Å². The maximum absolute atomic E-state index is 3.80. The SMILES string of the molecule is CCC1CNC(Cc2ccccc2)CN1C1CCCCC1. The monoisotopic (exact) mass is 286 g/mol. The molecule has 1 aromatic carbocycles. The highest BCUT2D eigenvalue weighted by Crippen LogP contribution is 2.27. The number of hydrogen-bond donors (Lipinski definition) is 1. The molecule has 2 nitrogen and oxygen atoms in total. The molecule has 0 radical (unpaired) electrons. The van der Waals surface area contributed by atoms with Crippen molar-refractivity contribution in [3.05, 3.63) is 35.9 Å². The molecule has 1 saturated heterocycles. The highest BCUT2D eigenvalue weighted by Gasteiger charge is 2.32. The van der Waals surface area contributed by atoms with Crippen LogP contribution in [0.2, 0.25) is 0 Å². The third-order valence-electron chi connectivity index (χ3n) is 5.38. The molecule has 1 aliphatic heterocycles. The van der Waals surface area contributed by atoms with Gasteiger partial charge in [0.25, 0.3) is 0 Å². The van der Waals surface area contributed by atoms with Crippen molar-refractivity contribution >= 4 is 0 Å². The summed E-state index contributed by atoms with van der Waals surface area (Å²) in [6, 6.07) is 13.2. The average molecular weight is 286 g/mol. The Bertz CT molecular complexity index is 411. The molecule has 1 aliphatic carbocycles. The summed E-state index contributed by atoms with van der Waals surface area (Å²) in [5, 5.41) is 3.80. The lowest BCUT2D eigenvalue weighted by molar-refractivity contribution is 0.0596. The molecule has 2 fully saturated rings. The first-order valence-electron chi connectivity index (χ1n) is 8.90. The predicted octanol–water partition coefficient (Wildman–Crippen LogP) is 3.61. The molecule has 2 heteroatoms. The number of nitrogens with one attached hydrogen (secondary N) is 1. The maximum atomic E-state index is 3.80. The van der Waals surface area contributed by atoms with Gasteiger partial charge in [-0.3, -0.25) is 4.90 Å². The molecule has 2 atom stereocenters. The highest BCUT2D eigenvalue weighted by atomic mass is 15.3. The number of hydrogen-bond acceptors (Lipinski definition) is 2. The van der Waals surface area contributed by atoms with Gasteiger partial charge < -0.3 is 5.32 Å². The Balaban J connectivity index is 1.63. The van der Waals surface area contributed by atoms with Crippen LogP contribution in [0, 0.1) is 0 Å². The lowest BCUT2D eigenvalue weighted by atomic mass is 9.90. The summed E-state index contributed by atoms with van der Waals surface area (Å²) in [6.45, 7) is 4.75. The summed E-state index contributed by atoms with van der Waals surface area (Å²) in [4.78, 5) is 2.85. The molecule has 1 heterocycles. The molecule has 2 unspecified atom stereocenters. The van der Waals surface area contributed by atoms with Crippen LogP contribution < -0.4 is 5.32 Å². The lowest BCUT2D eigenvalue weighted by Gasteiger charge is -2.46. The Morgan fingerprint density at radius 2 is 1.86 bits per heavy atom. The van der Waals surface area contributed by atoms with Crippen LogP contribution in [0.3, 0.4) is 0 Å². The molecule has 1 aromatic rings. The largest absolute Gasteiger partial charge is 0.311 e. The zero-order valence-corrected chi connectivity index (χ0v) is 13.4. The predicted molar refractivity (Wildman–Crippen MR) is 89.6 cm³/mol. The van der Waals surface area contributed by atoms with Crippen LogP contribution in [0.25, 0.3) is 0 Å². The molecule has 0 bridgehead atoms. The van der Waals surface area contributed by atoms with Gasteiger partial charge >= 0.3 is 0 Å². The van der Waals surface area contributed by atoms with E-state index in [1.165, 1.54) is 63.6 Å². The van der Waals surface area contributed by atoms with Gasteiger partial charge in [-0.15, -0.1) is 0 Å². The molecule has 2 aliphatic rings.